The molecule has 0 unspecified atom stereocenters. The highest BCUT2D eigenvalue weighted by molar-refractivity contribution is 7.90. The number of piperidine rings is 1. The Hall–Kier alpha value is -1.07. The summed E-state index contributed by atoms with van der Waals surface area (Å²) in [6.45, 7) is 11.0. The van der Waals surface area contributed by atoms with Crippen LogP contribution < -0.4 is 5.32 Å². The molecule has 0 aromatic heterocycles. The quantitative estimate of drug-likeness (QED) is 0.866. The van der Waals surface area contributed by atoms with Crippen molar-refractivity contribution in [2.45, 2.75) is 38.5 Å². The summed E-state index contributed by atoms with van der Waals surface area (Å²) in [5.41, 5.74) is 1.28. The van der Waals surface area contributed by atoms with Crippen molar-refractivity contribution in [1.82, 2.24) is 4.90 Å². The molecule has 0 bridgehead atoms. The molecule has 1 saturated heterocycles. The van der Waals surface area contributed by atoms with Gasteiger partial charge in [0.25, 0.3) is 0 Å². The van der Waals surface area contributed by atoms with Crippen molar-refractivity contribution >= 4 is 15.5 Å². The molecule has 0 atom stereocenters. The van der Waals surface area contributed by atoms with Crippen LogP contribution in [0.3, 0.4) is 0 Å². The molecule has 129 valence electrons. The van der Waals surface area contributed by atoms with Gasteiger partial charge in [-0.15, -0.1) is 0 Å². The number of nitrogens with one attached hydrogen (secondary N) is 1. The van der Waals surface area contributed by atoms with Gasteiger partial charge in [-0.05, 0) is 61.5 Å². The minimum atomic E-state index is -3.12. The molecular formula is C18H29N2O2S. The van der Waals surface area contributed by atoms with E-state index in [4.69, 9.17) is 0 Å². The van der Waals surface area contributed by atoms with E-state index in [9.17, 15) is 8.42 Å². The third-order valence-electron chi connectivity index (χ3n) is 4.60. The summed E-state index contributed by atoms with van der Waals surface area (Å²) in [7, 11) is -3.12. The molecule has 1 N–H and O–H groups in total. The van der Waals surface area contributed by atoms with Gasteiger partial charge in [-0.25, -0.2) is 8.42 Å². The van der Waals surface area contributed by atoms with Crippen LogP contribution in [0.5, 0.6) is 0 Å². The smallest absolute Gasteiger partial charge is 0.175 e. The zero-order chi connectivity index (χ0) is 17.1. The second-order valence-electron chi connectivity index (χ2n) is 7.44. The number of nitrogens with zero attached hydrogens (tertiary/aromatic N) is 1. The summed E-state index contributed by atoms with van der Waals surface area (Å²) in [4.78, 5) is 2.89. The number of anilines is 1. The Bertz CT molecular complexity index is 600. The van der Waals surface area contributed by atoms with Crippen LogP contribution >= 0.6 is 0 Å². The van der Waals surface area contributed by atoms with E-state index in [1.54, 1.807) is 12.1 Å². The number of sulfone groups is 1. The molecule has 1 aromatic carbocycles. The van der Waals surface area contributed by atoms with E-state index in [2.05, 4.69) is 31.0 Å². The van der Waals surface area contributed by atoms with Gasteiger partial charge in [0, 0.05) is 25.0 Å². The van der Waals surface area contributed by atoms with Crippen molar-refractivity contribution in [3.05, 3.63) is 30.2 Å². The molecule has 1 aliphatic rings. The molecular weight excluding hydrogens is 308 g/mol. The van der Waals surface area contributed by atoms with E-state index in [1.165, 1.54) is 25.0 Å². The van der Waals surface area contributed by atoms with Crippen LogP contribution in [0.15, 0.2) is 29.2 Å². The van der Waals surface area contributed by atoms with Crippen molar-refractivity contribution < 1.29 is 8.42 Å². The van der Waals surface area contributed by atoms with Crippen LogP contribution in [0.25, 0.3) is 0 Å². The fourth-order valence-corrected chi connectivity index (χ4v) is 3.64. The fourth-order valence-electron chi connectivity index (χ4n) is 3.01. The second-order valence-corrected chi connectivity index (χ2v) is 9.46. The van der Waals surface area contributed by atoms with Gasteiger partial charge < -0.3 is 10.2 Å². The van der Waals surface area contributed by atoms with Crippen molar-refractivity contribution in [3.8, 4) is 0 Å². The van der Waals surface area contributed by atoms with E-state index < -0.39 is 9.84 Å². The molecule has 4 nitrogen and oxygen atoms in total. The number of benzene rings is 1. The number of hydrogen-bond acceptors (Lipinski definition) is 4. The molecule has 1 aliphatic heterocycles. The maximum Gasteiger partial charge on any atom is 0.175 e. The summed E-state index contributed by atoms with van der Waals surface area (Å²) in [6, 6.07) is 7.04. The predicted octanol–water partition coefficient (Wildman–Crippen LogP) is 3.22. The number of rotatable bonds is 6. The Balaban J connectivity index is 1.86. The van der Waals surface area contributed by atoms with Gasteiger partial charge in [-0.2, -0.15) is 0 Å². The molecule has 5 heteroatoms. The highest BCUT2D eigenvalue weighted by Gasteiger charge is 2.30. The van der Waals surface area contributed by atoms with Crippen LogP contribution in [0.1, 0.15) is 33.6 Å². The third-order valence-corrected chi connectivity index (χ3v) is 5.73. The molecule has 2 rings (SSSR count). The number of hydrogen-bond donors (Lipinski definition) is 1. The maximum atomic E-state index is 11.5. The Morgan fingerprint density at radius 1 is 1.17 bits per heavy atom. The van der Waals surface area contributed by atoms with Gasteiger partial charge in [0.1, 0.15) is 0 Å². The van der Waals surface area contributed by atoms with Crippen molar-refractivity contribution in [1.29, 1.82) is 0 Å². The summed E-state index contributed by atoms with van der Waals surface area (Å²) < 4.78 is 23.0. The summed E-state index contributed by atoms with van der Waals surface area (Å²) in [6.07, 6.45) is 3.61. The lowest BCUT2D eigenvalue weighted by Gasteiger charge is -2.40. The van der Waals surface area contributed by atoms with Gasteiger partial charge in [0.15, 0.2) is 9.84 Å². The van der Waals surface area contributed by atoms with Crippen LogP contribution in [0.2, 0.25) is 0 Å². The fraction of sp³-hybridized carbons (Fsp3) is 0.611. The highest BCUT2D eigenvalue weighted by Crippen LogP contribution is 2.31. The molecule has 23 heavy (non-hydrogen) atoms. The SMILES string of the molecule is C[C](C)CN1CCC(C)(CNc2ccc(S(C)(=O)=O)cc2)CC1. The van der Waals surface area contributed by atoms with E-state index in [0.29, 0.717) is 10.3 Å². The van der Waals surface area contributed by atoms with E-state index >= 15 is 0 Å². The Morgan fingerprint density at radius 2 is 1.74 bits per heavy atom. The van der Waals surface area contributed by atoms with Crippen LogP contribution in [-0.2, 0) is 9.84 Å². The second kappa shape index (κ2) is 7.22. The number of likely N-dealkylation sites (tertiary alicyclic amines) is 1. The lowest BCUT2D eigenvalue weighted by atomic mass is 9.80. The lowest BCUT2D eigenvalue weighted by Crippen LogP contribution is -2.42. The molecule has 1 fully saturated rings. The van der Waals surface area contributed by atoms with Crippen molar-refractivity contribution in [3.63, 3.8) is 0 Å². The maximum absolute atomic E-state index is 11.5. The Kier molecular flexibility index (Phi) is 5.74. The minimum absolute atomic E-state index is 0.299. The van der Waals surface area contributed by atoms with E-state index in [0.717, 1.165) is 31.9 Å². The standard InChI is InChI=1S/C18H29N2O2S/c1-15(2)13-20-11-9-18(3,10-12-20)14-19-16-5-7-17(8-6-16)23(4,21)22/h5-8,19H,9-14H2,1-4H3. The highest BCUT2D eigenvalue weighted by atomic mass is 32.2. The third kappa shape index (κ3) is 5.50. The topological polar surface area (TPSA) is 49.4 Å². The molecule has 0 spiro atoms. The monoisotopic (exact) mass is 337 g/mol. The van der Waals surface area contributed by atoms with Crippen molar-refractivity contribution in [2.24, 2.45) is 5.41 Å². The van der Waals surface area contributed by atoms with E-state index in [1.807, 2.05) is 12.1 Å². The van der Waals surface area contributed by atoms with E-state index in [-0.39, 0.29) is 0 Å². The summed E-state index contributed by atoms with van der Waals surface area (Å²) in [5.74, 6) is 1.47. The zero-order valence-corrected chi connectivity index (χ0v) is 15.5. The summed E-state index contributed by atoms with van der Waals surface area (Å²) >= 11 is 0. The molecule has 1 heterocycles. The first-order valence-electron chi connectivity index (χ1n) is 8.23. The van der Waals surface area contributed by atoms with Gasteiger partial charge in [-0.3, -0.25) is 0 Å². The average Bonchev–Trinajstić information content (AvgIpc) is 2.47. The first kappa shape index (κ1) is 18.3. The predicted molar refractivity (Wildman–Crippen MR) is 96.4 cm³/mol. The summed E-state index contributed by atoms with van der Waals surface area (Å²) in [5, 5.41) is 3.47. The molecule has 1 radical (unpaired) electrons. The molecule has 0 aliphatic carbocycles. The van der Waals surface area contributed by atoms with Crippen LogP contribution in [0.4, 0.5) is 5.69 Å². The first-order valence-corrected chi connectivity index (χ1v) is 10.1. The zero-order valence-electron chi connectivity index (χ0n) is 14.7. The largest absolute Gasteiger partial charge is 0.384 e. The van der Waals surface area contributed by atoms with Gasteiger partial charge in [-0.1, -0.05) is 20.8 Å². The molecule has 0 amide bonds. The molecule has 1 aromatic rings. The normalized spacial score (nSPS) is 19.0. The Morgan fingerprint density at radius 3 is 2.22 bits per heavy atom. The average molecular weight is 338 g/mol. The van der Waals surface area contributed by atoms with Crippen molar-refractivity contribution in [2.75, 3.05) is 37.8 Å². The first-order chi connectivity index (χ1) is 10.7. The minimum Gasteiger partial charge on any atom is -0.384 e. The van der Waals surface area contributed by atoms with Crippen LogP contribution in [0, 0.1) is 11.3 Å². The Labute approximate surface area is 141 Å². The van der Waals surface area contributed by atoms with Gasteiger partial charge >= 0.3 is 0 Å². The van der Waals surface area contributed by atoms with Gasteiger partial charge in [0.05, 0.1) is 4.90 Å². The molecule has 0 saturated carbocycles. The lowest BCUT2D eigenvalue weighted by molar-refractivity contribution is 0.132. The van der Waals surface area contributed by atoms with Gasteiger partial charge in [0.2, 0.25) is 0 Å². The van der Waals surface area contributed by atoms with Crippen LogP contribution in [-0.4, -0.2) is 45.8 Å².